The summed E-state index contributed by atoms with van der Waals surface area (Å²) in [6.45, 7) is 15.0. The molecule has 2 heterocycles. The van der Waals surface area contributed by atoms with Crippen molar-refractivity contribution in [1.29, 1.82) is 0 Å². The Balaban J connectivity index is 2.04. The van der Waals surface area contributed by atoms with Crippen LogP contribution in [-0.4, -0.2) is 72.0 Å². The van der Waals surface area contributed by atoms with Crippen LogP contribution >= 0.6 is 0 Å². The van der Waals surface area contributed by atoms with Crippen molar-refractivity contribution in [2.75, 3.05) is 48.3 Å². The highest BCUT2D eigenvalue weighted by Gasteiger charge is 2.25. The zero-order chi connectivity index (χ0) is 20.2. The molecule has 152 valence electrons. The van der Waals surface area contributed by atoms with Gasteiger partial charge in [0.1, 0.15) is 5.60 Å². The van der Waals surface area contributed by atoms with E-state index in [4.69, 9.17) is 10.5 Å². The minimum Gasteiger partial charge on any atom is -0.444 e. The van der Waals surface area contributed by atoms with E-state index in [2.05, 4.69) is 39.9 Å². The van der Waals surface area contributed by atoms with Crippen molar-refractivity contribution in [3.63, 3.8) is 0 Å². The van der Waals surface area contributed by atoms with Gasteiger partial charge in [0.15, 0.2) is 0 Å². The third-order valence-electron chi connectivity index (χ3n) is 3.85. The van der Waals surface area contributed by atoms with Gasteiger partial charge in [-0.05, 0) is 27.2 Å². The number of carbonyl (C=O) groups is 1. The molecule has 0 bridgehead atoms. The molecular weight excluding hydrogens is 362 g/mol. The lowest BCUT2D eigenvalue weighted by Gasteiger charge is -2.26. The summed E-state index contributed by atoms with van der Waals surface area (Å²) in [7, 11) is -1.29. The van der Waals surface area contributed by atoms with E-state index < -0.39 is 13.7 Å². The van der Waals surface area contributed by atoms with Crippen molar-refractivity contribution in [2.24, 2.45) is 0 Å². The monoisotopic (exact) mass is 395 g/mol. The van der Waals surface area contributed by atoms with Gasteiger partial charge in [0.25, 0.3) is 0 Å². The summed E-state index contributed by atoms with van der Waals surface area (Å²) in [5.74, 6) is 1.26. The van der Waals surface area contributed by atoms with Crippen molar-refractivity contribution >= 4 is 32.0 Å². The third-order valence-corrected chi connectivity index (χ3v) is 5.09. The molecule has 1 aromatic heterocycles. The normalized spacial score (nSPS) is 16.1. The number of ether oxygens (including phenoxy) is 1. The number of nitrogen functional groups attached to an aromatic ring is 1. The molecule has 0 aromatic carbocycles. The molecule has 1 amide bonds. The van der Waals surface area contributed by atoms with Crippen molar-refractivity contribution < 1.29 is 9.53 Å². The first-order valence-electron chi connectivity index (χ1n) is 9.41. The first-order valence-corrected chi connectivity index (χ1v) is 13.1. The molecule has 3 N–H and O–H groups in total. The Morgan fingerprint density at radius 3 is 2.48 bits per heavy atom. The number of hydrogen-bond donors (Lipinski definition) is 2. The number of nitrogens with two attached hydrogens (primary N) is 1. The molecular formula is C17H33N7O2Si. The fourth-order valence-electron chi connectivity index (χ4n) is 2.57. The Bertz CT molecular complexity index is 658. The summed E-state index contributed by atoms with van der Waals surface area (Å²) in [6, 6.07) is 0. The smallest absolute Gasteiger partial charge is 0.410 e. The molecule has 0 saturated carbocycles. The number of amides is 1. The highest BCUT2D eigenvalue weighted by atomic mass is 28.3. The molecule has 1 aromatic rings. The van der Waals surface area contributed by atoms with Gasteiger partial charge in [0, 0.05) is 32.3 Å². The van der Waals surface area contributed by atoms with Crippen molar-refractivity contribution in [1.82, 2.24) is 19.9 Å². The van der Waals surface area contributed by atoms with Crippen LogP contribution in [-0.2, 0) is 4.74 Å². The maximum absolute atomic E-state index is 12.3. The van der Waals surface area contributed by atoms with Crippen LogP contribution < -0.4 is 16.0 Å². The highest BCUT2D eigenvalue weighted by Crippen LogP contribution is 2.17. The SMILES string of the molecule is CC(C)(C)OC(=O)N1CCCN(c2nc(N)nc(NC[Si](C)(C)C)n2)CC1. The summed E-state index contributed by atoms with van der Waals surface area (Å²) in [5.41, 5.74) is 5.39. The summed E-state index contributed by atoms with van der Waals surface area (Å²) in [4.78, 5) is 29.1. The van der Waals surface area contributed by atoms with Crippen LogP contribution in [0.5, 0.6) is 0 Å². The number of anilines is 3. The number of nitrogens with one attached hydrogen (secondary N) is 1. The lowest BCUT2D eigenvalue weighted by molar-refractivity contribution is 0.0263. The zero-order valence-corrected chi connectivity index (χ0v) is 18.4. The van der Waals surface area contributed by atoms with Gasteiger partial charge in [-0.3, -0.25) is 0 Å². The number of nitrogens with zero attached hydrogens (tertiary/aromatic N) is 5. The van der Waals surface area contributed by atoms with E-state index in [1.807, 2.05) is 25.7 Å². The first kappa shape index (κ1) is 21.2. The molecule has 1 saturated heterocycles. The number of hydrogen-bond acceptors (Lipinski definition) is 8. The lowest BCUT2D eigenvalue weighted by Crippen LogP contribution is -2.39. The molecule has 0 radical (unpaired) electrons. The van der Waals surface area contributed by atoms with Gasteiger partial charge in [-0.15, -0.1) is 0 Å². The minimum atomic E-state index is -1.29. The minimum absolute atomic E-state index is 0.200. The van der Waals surface area contributed by atoms with E-state index in [0.717, 1.165) is 19.1 Å². The Morgan fingerprint density at radius 2 is 1.85 bits per heavy atom. The third kappa shape index (κ3) is 7.20. The molecule has 1 aliphatic rings. The van der Waals surface area contributed by atoms with Crippen LogP contribution in [0.15, 0.2) is 0 Å². The van der Waals surface area contributed by atoms with Gasteiger partial charge in [-0.1, -0.05) is 19.6 Å². The lowest BCUT2D eigenvalue weighted by atomic mass is 10.2. The molecule has 0 spiro atoms. The van der Waals surface area contributed by atoms with Crippen LogP contribution in [0, 0.1) is 0 Å². The van der Waals surface area contributed by atoms with E-state index in [0.29, 0.717) is 31.5 Å². The Labute approximate surface area is 162 Å². The van der Waals surface area contributed by atoms with Gasteiger partial charge in [-0.25, -0.2) is 4.79 Å². The Hall–Kier alpha value is -2.10. The highest BCUT2D eigenvalue weighted by molar-refractivity contribution is 6.76. The molecule has 2 rings (SSSR count). The predicted molar refractivity (Wildman–Crippen MR) is 111 cm³/mol. The van der Waals surface area contributed by atoms with E-state index >= 15 is 0 Å². The van der Waals surface area contributed by atoms with Crippen molar-refractivity contribution in [2.45, 2.75) is 52.4 Å². The van der Waals surface area contributed by atoms with E-state index in [1.54, 1.807) is 4.90 Å². The standard InChI is InChI=1S/C17H33N7O2Si/c1-17(2,3)26-16(25)24-9-7-8-23(10-11-24)15-21-13(18)20-14(22-15)19-12-27(4,5)6/h7-12H2,1-6H3,(H3,18,19,20,21,22). The first-order chi connectivity index (χ1) is 12.4. The average molecular weight is 396 g/mol. The molecule has 1 aliphatic heterocycles. The van der Waals surface area contributed by atoms with Gasteiger partial charge in [0.2, 0.25) is 17.8 Å². The molecule has 0 unspecified atom stereocenters. The topological polar surface area (TPSA) is 110 Å². The number of aromatic nitrogens is 3. The summed E-state index contributed by atoms with van der Waals surface area (Å²) in [6.07, 6.45) is 1.39. The van der Waals surface area contributed by atoms with Crippen LogP contribution in [0.2, 0.25) is 19.6 Å². The second-order valence-electron chi connectivity index (χ2n) is 9.04. The Morgan fingerprint density at radius 1 is 1.15 bits per heavy atom. The van der Waals surface area contributed by atoms with Gasteiger partial charge >= 0.3 is 6.09 Å². The molecule has 9 nitrogen and oxygen atoms in total. The fraction of sp³-hybridized carbons (Fsp3) is 0.765. The largest absolute Gasteiger partial charge is 0.444 e. The van der Waals surface area contributed by atoms with Crippen molar-refractivity contribution in [3.05, 3.63) is 0 Å². The predicted octanol–water partition coefficient (Wildman–Crippen LogP) is 2.19. The molecule has 10 heteroatoms. The molecule has 1 fully saturated rings. The summed E-state index contributed by atoms with van der Waals surface area (Å²) < 4.78 is 5.48. The van der Waals surface area contributed by atoms with E-state index in [1.165, 1.54) is 0 Å². The zero-order valence-electron chi connectivity index (χ0n) is 17.4. The van der Waals surface area contributed by atoms with Gasteiger partial charge in [0.05, 0.1) is 8.07 Å². The molecule has 0 atom stereocenters. The maximum Gasteiger partial charge on any atom is 0.410 e. The van der Waals surface area contributed by atoms with Crippen LogP contribution in [0.1, 0.15) is 27.2 Å². The maximum atomic E-state index is 12.3. The average Bonchev–Trinajstić information content (AvgIpc) is 2.76. The molecule has 27 heavy (non-hydrogen) atoms. The second kappa shape index (κ2) is 8.28. The van der Waals surface area contributed by atoms with Gasteiger partial charge < -0.3 is 25.6 Å². The Kier molecular flexibility index (Phi) is 6.50. The number of carbonyl (C=O) groups excluding carboxylic acids is 1. The van der Waals surface area contributed by atoms with E-state index in [-0.39, 0.29) is 12.0 Å². The van der Waals surface area contributed by atoms with E-state index in [9.17, 15) is 4.79 Å². The second-order valence-corrected chi connectivity index (χ2v) is 14.5. The summed E-state index contributed by atoms with van der Waals surface area (Å²) in [5, 5.41) is 3.28. The van der Waals surface area contributed by atoms with Crippen molar-refractivity contribution in [3.8, 4) is 0 Å². The van der Waals surface area contributed by atoms with Gasteiger partial charge in [-0.2, -0.15) is 15.0 Å². The van der Waals surface area contributed by atoms with Crippen LogP contribution in [0.4, 0.5) is 22.6 Å². The summed E-state index contributed by atoms with van der Waals surface area (Å²) >= 11 is 0. The molecule has 0 aliphatic carbocycles. The van der Waals surface area contributed by atoms with Crippen LogP contribution in [0.3, 0.4) is 0 Å². The quantitative estimate of drug-likeness (QED) is 0.747. The number of rotatable bonds is 4. The fourth-order valence-corrected chi connectivity index (χ4v) is 3.26. The van der Waals surface area contributed by atoms with Crippen LogP contribution in [0.25, 0.3) is 0 Å².